The molecule has 1 aromatic heterocycles. The third-order valence-electron chi connectivity index (χ3n) is 3.73. The van der Waals surface area contributed by atoms with Crippen molar-refractivity contribution in [2.75, 3.05) is 20.3 Å². The van der Waals surface area contributed by atoms with Crippen molar-refractivity contribution in [2.45, 2.75) is 0 Å². The molecule has 0 fully saturated rings. The Bertz CT molecular complexity index is 1030. The van der Waals surface area contributed by atoms with Crippen molar-refractivity contribution in [1.29, 1.82) is 5.26 Å². The Balaban J connectivity index is 2.00. The Morgan fingerprint density at radius 2 is 1.93 bits per heavy atom. The third kappa shape index (κ3) is 5.01. The number of thiazole rings is 1. The molecule has 0 N–H and O–H groups in total. The van der Waals surface area contributed by atoms with Crippen LogP contribution in [-0.4, -0.2) is 31.2 Å². The minimum absolute atomic E-state index is 0.560. The molecule has 136 valence electrons. The number of ether oxygens (including phenoxy) is 1. The van der Waals surface area contributed by atoms with E-state index in [0.717, 1.165) is 26.1 Å². The zero-order valence-electron chi connectivity index (χ0n) is 14.7. The summed E-state index contributed by atoms with van der Waals surface area (Å²) in [6, 6.07) is 17.5. The van der Waals surface area contributed by atoms with Crippen LogP contribution in [0.4, 0.5) is 0 Å². The van der Waals surface area contributed by atoms with Gasteiger partial charge in [0.05, 0.1) is 36.7 Å². The lowest BCUT2D eigenvalue weighted by atomic mass is 10.2. The summed E-state index contributed by atoms with van der Waals surface area (Å²) >= 11 is 5.01. The molecule has 3 rings (SSSR count). The first kappa shape index (κ1) is 19.2. The molecular formula is C20H17BrN4OS. The SMILES string of the molecule is COCCN=c1scc(-c2ccc(Br)cc2)n1/N=C/c1ccc(C#N)cc1. The topological polar surface area (TPSA) is 62.7 Å². The van der Waals surface area contributed by atoms with Gasteiger partial charge in [0.1, 0.15) is 0 Å². The summed E-state index contributed by atoms with van der Waals surface area (Å²) in [5.74, 6) is 0. The second-order valence-electron chi connectivity index (χ2n) is 5.58. The molecule has 2 aromatic carbocycles. The van der Waals surface area contributed by atoms with Gasteiger partial charge >= 0.3 is 0 Å². The Morgan fingerprint density at radius 1 is 1.19 bits per heavy atom. The average molecular weight is 441 g/mol. The van der Waals surface area contributed by atoms with E-state index >= 15 is 0 Å². The number of benzene rings is 2. The van der Waals surface area contributed by atoms with Crippen LogP contribution in [0, 0.1) is 11.3 Å². The van der Waals surface area contributed by atoms with Crippen molar-refractivity contribution in [3.8, 4) is 17.3 Å². The maximum absolute atomic E-state index is 8.92. The lowest BCUT2D eigenvalue weighted by Crippen LogP contribution is -2.13. The van der Waals surface area contributed by atoms with Crippen LogP contribution in [0.5, 0.6) is 0 Å². The van der Waals surface area contributed by atoms with Gasteiger partial charge < -0.3 is 4.74 Å². The van der Waals surface area contributed by atoms with Gasteiger partial charge in [-0.1, -0.05) is 40.2 Å². The summed E-state index contributed by atoms with van der Waals surface area (Å²) in [6.45, 7) is 1.13. The molecule has 27 heavy (non-hydrogen) atoms. The summed E-state index contributed by atoms with van der Waals surface area (Å²) in [4.78, 5) is 5.39. The van der Waals surface area contributed by atoms with E-state index in [-0.39, 0.29) is 0 Å². The summed E-state index contributed by atoms with van der Waals surface area (Å²) < 4.78 is 7.95. The number of methoxy groups -OCH3 is 1. The van der Waals surface area contributed by atoms with Crippen molar-refractivity contribution in [2.24, 2.45) is 10.1 Å². The highest BCUT2D eigenvalue weighted by Gasteiger charge is 2.07. The molecule has 0 amide bonds. The predicted octanol–water partition coefficient (Wildman–Crippen LogP) is 4.28. The lowest BCUT2D eigenvalue weighted by molar-refractivity contribution is 0.207. The fraction of sp³-hybridized carbons (Fsp3) is 0.150. The van der Waals surface area contributed by atoms with Crippen LogP contribution < -0.4 is 4.80 Å². The van der Waals surface area contributed by atoms with Gasteiger partial charge in [0.2, 0.25) is 4.80 Å². The van der Waals surface area contributed by atoms with E-state index in [1.165, 1.54) is 11.3 Å². The van der Waals surface area contributed by atoms with E-state index < -0.39 is 0 Å². The second kappa shape index (κ2) is 9.42. The molecule has 5 nitrogen and oxygen atoms in total. The molecular weight excluding hydrogens is 424 g/mol. The van der Waals surface area contributed by atoms with Crippen LogP contribution in [0.3, 0.4) is 0 Å². The fourth-order valence-electron chi connectivity index (χ4n) is 2.34. The molecule has 0 aliphatic heterocycles. The highest BCUT2D eigenvalue weighted by atomic mass is 79.9. The first-order valence-corrected chi connectivity index (χ1v) is 9.89. The molecule has 0 aliphatic rings. The molecule has 3 aromatic rings. The van der Waals surface area contributed by atoms with Crippen molar-refractivity contribution < 1.29 is 4.74 Å². The molecule has 7 heteroatoms. The van der Waals surface area contributed by atoms with Crippen molar-refractivity contribution in [1.82, 2.24) is 4.68 Å². The number of rotatable bonds is 6. The number of hydrogen-bond acceptors (Lipinski definition) is 5. The zero-order valence-corrected chi connectivity index (χ0v) is 17.1. The van der Waals surface area contributed by atoms with E-state index in [2.05, 4.69) is 32.1 Å². The smallest absolute Gasteiger partial charge is 0.206 e. The minimum atomic E-state index is 0.560. The summed E-state index contributed by atoms with van der Waals surface area (Å²) in [7, 11) is 1.66. The molecule has 0 radical (unpaired) electrons. The highest BCUT2D eigenvalue weighted by molar-refractivity contribution is 9.10. The molecule has 0 aliphatic carbocycles. The monoisotopic (exact) mass is 440 g/mol. The third-order valence-corrected chi connectivity index (χ3v) is 5.11. The summed E-state index contributed by atoms with van der Waals surface area (Å²) in [5.41, 5.74) is 3.56. The van der Waals surface area contributed by atoms with Crippen molar-refractivity contribution >= 4 is 33.5 Å². The van der Waals surface area contributed by atoms with Gasteiger partial charge in [-0.05, 0) is 29.8 Å². The number of nitriles is 1. The van der Waals surface area contributed by atoms with E-state index in [0.29, 0.717) is 18.7 Å². The van der Waals surface area contributed by atoms with E-state index in [1.807, 2.05) is 46.5 Å². The van der Waals surface area contributed by atoms with Crippen LogP contribution in [-0.2, 0) is 4.74 Å². The molecule has 0 saturated carbocycles. The maximum Gasteiger partial charge on any atom is 0.206 e. The van der Waals surface area contributed by atoms with Gasteiger partial charge in [-0.15, -0.1) is 11.3 Å². The maximum atomic E-state index is 8.92. The van der Waals surface area contributed by atoms with Crippen molar-refractivity contribution in [3.05, 3.63) is 74.3 Å². The molecule has 0 atom stereocenters. The summed E-state index contributed by atoms with van der Waals surface area (Å²) in [5, 5.41) is 15.6. The molecule has 0 bridgehead atoms. The number of aromatic nitrogens is 1. The highest BCUT2D eigenvalue weighted by Crippen LogP contribution is 2.22. The Labute approximate surface area is 170 Å². The summed E-state index contributed by atoms with van der Waals surface area (Å²) in [6.07, 6.45) is 1.77. The van der Waals surface area contributed by atoms with Crippen LogP contribution in [0.25, 0.3) is 11.3 Å². The van der Waals surface area contributed by atoms with E-state index in [9.17, 15) is 0 Å². The standard InChI is InChI=1S/C20H17BrN4OS/c1-26-11-10-23-20-25(24-13-16-4-2-15(12-22)3-5-16)19(14-27-20)17-6-8-18(21)9-7-17/h2-9,13-14H,10-11H2,1H3/b23-20?,24-13+. The lowest BCUT2D eigenvalue weighted by Gasteiger charge is -2.04. The number of nitrogens with zero attached hydrogens (tertiary/aromatic N) is 4. The Hall–Kier alpha value is -2.53. The van der Waals surface area contributed by atoms with Crippen molar-refractivity contribution in [3.63, 3.8) is 0 Å². The van der Waals surface area contributed by atoms with Crippen LogP contribution in [0.2, 0.25) is 0 Å². The molecule has 1 heterocycles. The fourth-order valence-corrected chi connectivity index (χ4v) is 3.47. The minimum Gasteiger partial charge on any atom is -0.383 e. The Morgan fingerprint density at radius 3 is 2.59 bits per heavy atom. The van der Waals surface area contributed by atoms with E-state index in [4.69, 9.17) is 10.00 Å². The Kier molecular flexibility index (Phi) is 6.71. The van der Waals surface area contributed by atoms with Crippen LogP contribution >= 0.6 is 27.3 Å². The van der Waals surface area contributed by atoms with Gasteiger partial charge in [0.15, 0.2) is 0 Å². The number of halogens is 1. The van der Waals surface area contributed by atoms with E-state index in [1.54, 1.807) is 25.5 Å². The predicted molar refractivity (Wildman–Crippen MR) is 112 cm³/mol. The molecule has 0 saturated heterocycles. The van der Waals surface area contributed by atoms with Crippen LogP contribution in [0.1, 0.15) is 11.1 Å². The largest absolute Gasteiger partial charge is 0.383 e. The molecule has 0 unspecified atom stereocenters. The van der Waals surface area contributed by atoms with Gasteiger partial charge in [-0.25, -0.2) is 4.68 Å². The number of hydrogen-bond donors (Lipinski definition) is 0. The first-order valence-electron chi connectivity index (χ1n) is 8.21. The van der Waals surface area contributed by atoms with Gasteiger partial charge in [0, 0.05) is 22.5 Å². The normalized spacial score (nSPS) is 11.8. The quantitative estimate of drug-likeness (QED) is 0.424. The first-order chi connectivity index (χ1) is 13.2. The van der Waals surface area contributed by atoms with Crippen LogP contribution in [0.15, 0.2) is 68.5 Å². The van der Waals surface area contributed by atoms with Gasteiger partial charge in [0.25, 0.3) is 0 Å². The zero-order chi connectivity index (χ0) is 19.1. The van der Waals surface area contributed by atoms with Gasteiger partial charge in [-0.3, -0.25) is 4.99 Å². The second-order valence-corrected chi connectivity index (χ2v) is 7.33. The molecule has 0 spiro atoms. The average Bonchev–Trinajstić information content (AvgIpc) is 3.10. The van der Waals surface area contributed by atoms with Gasteiger partial charge in [-0.2, -0.15) is 10.4 Å².